The average Bonchev–Trinajstić information content (AvgIpc) is 3.21. The van der Waals surface area contributed by atoms with Gasteiger partial charge in [-0.15, -0.1) is 5.10 Å². The minimum absolute atomic E-state index is 0.0284. The summed E-state index contributed by atoms with van der Waals surface area (Å²) in [7, 11) is 0. The predicted octanol–water partition coefficient (Wildman–Crippen LogP) is 3.30. The standard InChI is InChI=1S/C21H22Cl2N6O3/c22-15-7-5-8-16(23)19(15)20(30)26-17(21(31)32)13-29-12-14(27-28-29)6-1-3-10-24-18-9-2-4-11-25-18/h2,4-5,7-9,11-12,17H,1,3,6,10,13H2,(H,24,25)(H,26,30)(H,31,32). The van der Waals surface area contributed by atoms with Gasteiger partial charge in [-0.05, 0) is 43.5 Å². The van der Waals surface area contributed by atoms with Crippen molar-refractivity contribution in [3.8, 4) is 0 Å². The topological polar surface area (TPSA) is 122 Å². The SMILES string of the molecule is O=C(NC(Cn1cc(CCCCNc2ccccn2)nn1)C(=O)O)c1c(Cl)cccc1Cl. The Bertz CT molecular complexity index is 1040. The highest BCUT2D eigenvalue weighted by atomic mass is 35.5. The third-order valence-corrected chi connectivity index (χ3v) is 5.21. The summed E-state index contributed by atoms with van der Waals surface area (Å²) in [6.45, 7) is 0.695. The molecule has 0 radical (unpaired) electrons. The molecule has 0 aliphatic carbocycles. The number of aryl methyl sites for hydroxylation is 1. The third kappa shape index (κ3) is 6.66. The van der Waals surface area contributed by atoms with Crippen LogP contribution >= 0.6 is 23.2 Å². The fraction of sp³-hybridized carbons (Fsp3) is 0.286. The molecule has 1 aromatic carbocycles. The van der Waals surface area contributed by atoms with Crippen molar-refractivity contribution in [1.82, 2.24) is 25.3 Å². The summed E-state index contributed by atoms with van der Waals surface area (Å²) in [4.78, 5) is 28.4. The maximum atomic E-state index is 12.5. The number of pyridine rings is 1. The van der Waals surface area contributed by atoms with E-state index in [1.807, 2.05) is 18.2 Å². The Balaban J connectivity index is 1.49. The average molecular weight is 477 g/mol. The van der Waals surface area contributed by atoms with Crippen LogP contribution in [0.3, 0.4) is 0 Å². The Labute approximate surface area is 194 Å². The molecule has 3 N–H and O–H groups in total. The number of halogens is 2. The van der Waals surface area contributed by atoms with E-state index in [-0.39, 0.29) is 22.2 Å². The second-order valence-corrected chi connectivity index (χ2v) is 7.81. The van der Waals surface area contributed by atoms with Crippen LogP contribution in [0.5, 0.6) is 0 Å². The van der Waals surface area contributed by atoms with Gasteiger partial charge in [0.2, 0.25) is 0 Å². The fourth-order valence-corrected chi connectivity index (χ4v) is 3.54. The van der Waals surface area contributed by atoms with Crippen molar-refractivity contribution < 1.29 is 14.7 Å². The van der Waals surface area contributed by atoms with Crippen molar-refractivity contribution >= 4 is 40.9 Å². The van der Waals surface area contributed by atoms with Crippen LogP contribution in [-0.4, -0.2) is 49.5 Å². The second kappa shape index (κ2) is 11.4. The van der Waals surface area contributed by atoms with Gasteiger partial charge in [0.1, 0.15) is 11.9 Å². The number of benzene rings is 1. The first-order valence-corrected chi connectivity index (χ1v) is 10.7. The second-order valence-electron chi connectivity index (χ2n) is 6.99. The molecule has 0 fully saturated rings. The molecule has 1 atom stereocenters. The van der Waals surface area contributed by atoms with E-state index in [0.29, 0.717) is 6.42 Å². The Kier molecular flexibility index (Phi) is 8.41. The number of carboxylic acids is 1. The summed E-state index contributed by atoms with van der Waals surface area (Å²) >= 11 is 12.1. The van der Waals surface area contributed by atoms with Crippen molar-refractivity contribution in [2.75, 3.05) is 11.9 Å². The van der Waals surface area contributed by atoms with Crippen molar-refractivity contribution in [3.63, 3.8) is 0 Å². The molecule has 3 aromatic rings. The quantitative estimate of drug-likeness (QED) is 0.362. The zero-order valence-electron chi connectivity index (χ0n) is 17.0. The van der Waals surface area contributed by atoms with Gasteiger partial charge < -0.3 is 15.7 Å². The number of hydrogen-bond donors (Lipinski definition) is 3. The van der Waals surface area contributed by atoms with E-state index < -0.39 is 17.9 Å². The van der Waals surface area contributed by atoms with E-state index in [4.69, 9.17) is 23.2 Å². The molecule has 1 amide bonds. The molecule has 0 spiro atoms. The Hall–Kier alpha value is -3.17. The number of nitrogens with zero attached hydrogens (tertiary/aromatic N) is 4. The van der Waals surface area contributed by atoms with Gasteiger partial charge >= 0.3 is 5.97 Å². The molecule has 168 valence electrons. The van der Waals surface area contributed by atoms with Crippen LogP contribution in [0.15, 0.2) is 48.8 Å². The molecule has 2 aromatic heterocycles. The fourth-order valence-electron chi connectivity index (χ4n) is 2.97. The number of carbonyl (C=O) groups excluding carboxylic acids is 1. The van der Waals surface area contributed by atoms with Crippen LogP contribution in [0.25, 0.3) is 0 Å². The largest absolute Gasteiger partial charge is 0.480 e. The van der Waals surface area contributed by atoms with Crippen molar-refractivity contribution in [2.45, 2.75) is 31.8 Å². The summed E-state index contributed by atoms with van der Waals surface area (Å²) in [6.07, 6.45) is 5.90. The zero-order valence-corrected chi connectivity index (χ0v) is 18.6. The van der Waals surface area contributed by atoms with Crippen LogP contribution in [0.1, 0.15) is 28.9 Å². The number of amides is 1. The number of nitrogens with one attached hydrogen (secondary N) is 2. The molecule has 32 heavy (non-hydrogen) atoms. The van der Waals surface area contributed by atoms with E-state index in [9.17, 15) is 14.7 Å². The van der Waals surface area contributed by atoms with Crippen molar-refractivity contribution in [3.05, 3.63) is 70.1 Å². The highest BCUT2D eigenvalue weighted by molar-refractivity contribution is 6.39. The first-order chi connectivity index (χ1) is 15.4. The predicted molar refractivity (Wildman–Crippen MR) is 121 cm³/mol. The Morgan fingerprint density at radius 1 is 1.09 bits per heavy atom. The van der Waals surface area contributed by atoms with Gasteiger partial charge in [0.15, 0.2) is 0 Å². The lowest BCUT2D eigenvalue weighted by molar-refractivity contribution is -0.139. The van der Waals surface area contributed by atoms with Gasteiger partial charge in [0.05, 0.1) is 27.8 Å². The first kappa shape index (κ1) is 23.5. The minimum atomic E-state index is -1.23. The maximum absolute atomic E-state index is 12.5. The number of anilines is 1. The lowest BCUT2D eigenvalue weighted by Gasteiger charge is -2.15. The number of unbranched alkanes of at least 4 members (excludes halogenated alkanes) is 1. The summed E-state index contributed by atoms with van der Waals surface area (Å²) in [5.41, 5.74) is 0.771. The van der Waals surface area contributed by atoms with Gasteiger partial charge in [-0.3, -0.25) is 4.79 Å². The molecule has 2 heterocycles. The summed E-state index contributed by atoms with van der Waals surface area (Å²) in [6, 6.07) is 9.07. The van der Waals surface area contributed by atoms with Gasteiger partial charge in [-0.25, -0.2) is 14.5 Å². The number of aliphatic carboxylic acids is 1. The molecule has 0 bridgehead atoms. The van der Waals surface area contributed by atoms with Crippen LogP contribution in [0, 0.1) is 0 Å². The molecule has 9 nitrogen and oxygen atoms in total. The molecule has 11 heteroatoms. The molecular formula is C21H22Cl2N6O3. The summed E-state index contributed by atoms with van der Waals surface area (Å²) in [5.74, 6) is -1.05. The van der Waals surface area contributed by atoms with Crippen LogP contribution in [0.4, 0.5) is 5.82 Å². The van der Waals surface area contributed by atoms with Crippen molar-refractivity contribution in [2.24, 2.45) is 0 Å². The normalized spacial score (nSPS) is 11.7. The Morgan fingerprint density at radius 3 is 2.56 bits per heavy atom. The van der Waals surface area contributed by atoms with E-state index in [2.05, 4.69) is 25.9 Å². The van der Waals surface area contributed by atoms with Gasteiger partial charge in [0, 0.05) is 18.9 Å². The highest BCUT2D eigenvalue weighted by Crippen LogP contribution is 2.24. The van der Waals surface area contributed by atoms with Crippen LogP contribution in [0.2, 0.25) is 10.0 Å². The third-order valence-electron chi connectivity index (χ3n) is 4.58. The number of hydrogen-bond acceptors (Lipinski definition) is 6. The summed E-state index contributed by atoms with van der Waals surface area (Å²) < 4.78 is 1.40. The number of rotatable bonds is 11. The van der Waals surface area contributed by atoms with Crippen LogP contribution < -0.4 is 10.6 Å². The Morgan fingerprint density at radius 2 is 1.88 bits per heavy atom. The van der Waals surface area contributed by atoms with Crippen molar-refractivity contribution in [1.29, 1.82) is 0 Å². The highest BCUT2D eigenvalue weighted by Gasteiger charge is 2.24. The van der Waals surface area contributed by atoms with E-state index in [1.54, 1.807) is 18.5 Å². The van der Waals surface area contributed by atoms with Gasteiger partial charge in [-0.1, -0.05) is 40.5 Å². The molecular weight excluding hydrogens is 455 g/mol. The lowest BCUT2D eigenvalue weighted by atomic mass is 10.2. The molecule has 3 rings (SSSR count). The van der Waals surface area contributed by atoms with Gasteiger partial charge in [-0.2, -0.15) is 0 Å². The zero-order chi connectivity index (χ0) is 22.9. The summed E-state index contributed by atoms with van der Waals surface area (Å²) in [5, 5.41) is 23.5. The van der Waals surface area contributed by atoms with E-state index in [1.165, 1.54) is 16.8 Å². The monoisotopic (exact) mass is 476 g/mol. The number of aromatic nitrogens is 4. The maximum Gasteiger partial charge on any atom is 0.328 e. The lowest BCUT2D eigenvalue weighted by Crippen LogP contribution is -2.44. The molecule has 0 aliphatic heterocycles. The molecule has 0 saturated heterocycles. The first-order valence-electron chi connectivity index (χ1n) is 9.95. The molecule has 0 saturated carbocycles. The number of carboxylic acid groups (broad SMARTS) is 1. The smallest absolute Gasteiger partial charge is 0.328 e. The minimum Gasteiger partial charge on any atom is -0.480 e. The van der Waals surface area contributed by atoms with E-state index >= 15 is 0 Å². The molecule has 0 aliphatic rings. The van der Waals surface area contributed by atoms with Gasteiger partial charge in [0.25, 0.3) is 5.91 Å². The number of carbonyl (C=O) groups is 2. The van der Waals surface area contributed by atoms with Crippen LogP contribution in [-0.2, 0) is 17.8 Å². The molecule has 1 unspecified atom stereocenters. The van der Waals surface area contributed by atoms with E-state index in [0.717, 1.165) is 30.9 Å².